The van der Waals surface area contributed by atoms with Crippen molar-refractivity contribution >= 4 is 29.4 Å². The second-order valence-electron chi connectivity index (χ2n) is 7.21. The summed E-state index contributed by atoms with van der Waals surface area (Å²) in [7, 11) is 1.53. The Kier molecular flexibility index (Phi) is 4.88. The Hall–Kier alpha value is -3.50. The van der Waals surface area contributed by atoms with Crippen molar-refractivity contribution in [1.82, 2.24) is 15.5 Å². The first-order valence-electron chi connectivity index (χ1n) is 9.20. The zero-order valence-electron chi connectivity index (χ0n) is 16.3. The summed E-state index contributed by atoms with van der Waals surface area (Å²) in [6.07, 6.45) is 0. The lowest BCUT2D eigenvalue weighted by Crippen LogP contribution is -2.54. The maximum absolute atomic E-state index is 12.9. The van der Waals surface area contributed by atoms with Crippen LogP contribution in [0.5, 0.6) is 5.75 Å². The third-order valence-electron chi connectivity index (χ3n) is 5.16. The number of ether oxygens (including phenoxy) is 1. The number of carbonyl (C=O) groups excluding carboxylic acids is 3. The van der Waals surface area contributed by atoms with Crippen LogP contribution in [0.2, 0.25) is 5.02 Å². The number of hydrogen-bond donors (Lipinski definition) is 2. The van der Waals surface area contributed by atoms with E-state index in [0.717, 1.165) is 11.1 Å². The van der Waals surface area contributed by atoms with Crippen LogP contribution in [0.1, 0.15) is 27.0 Å². The van der Waals surface area contributed by atoms with Crippen LogP contribution in [-0.2, 0) is 11.3 Å². The Labute approximate surface area is 178 Å². The van der Waals surface area contributed by atoms with Crippen molar-refractivity contribution < 1.29 is 19.1 Å². The fourth-order valence-electron chi connectivity index (χ4n) is 3.46. The van der Waals surface area contributed by atoms with E-state index in [1.165, 1.54) is 12.0 Å². The summed E-state index contributed by atoms with van der Waals surface area (Å²) in [5, 5.41) is 5.35. The summed E-state index contributed by atoms with van der Waals surface area (Å²) >= 11 is 6.15. The van der Waals surface area contributed by atoms with Crippen LogP contribution in [0, 0.1) is 18.8 Å². The van der Waals surface area contributed by atoms with Gasteiger partial charge in [0.2, 0.25) is 5.54 Å². The normalized spacial score (nSPS) is 19.7. The molecule has 1 saturated heterocycles. The number of nitrogens with one attached hydrogen (secondary N) is 2. The molecule has 4 amide bonds. The number of methoxy groups -OCH3 is 1. The summed E-state index contributed by atoms with van der Waals surface area (Å²) in [5.74, 6) is 5.49. The molecule has 0 saturated carbocycles. The minimum Gasteiger partial charge on any atom is -0.497 e. The maximum atomic E-state index is 12.9. The fraction of sp³-hybridized carbons (Fsp3) is 0.227. The highest BCUT2D eigenvalue weighted by molar-refractivity contribution is 6.31. The average molecular weight is 424 g/mol. The molecule has 2 aliphatic rings. The standard InChI is InChI=1S/C22H18ClN3O4/c1-13-3-4-14(9-18(13)23)7-8-22(20(28)24-21(29)25-22)12-26-11-15-5-6-16(30-2)10-17(15)19(26)27/h3-6,9-10H,11-12H2,1-2H3,(H2,24,25,28,29)/t22-/m1/s1. The van der Waals surface area contributed by atoms with E-state index in [2.05, 4.69) is 22.5 Å². The largest absolute Gasteiger partial charge is 0.497 e. The van der Waals surface area contributed by atoms with Gasteiger partial charge in [-0.1, -0.05) is 35.6 Å². The number of amides is 4. The molecular weight excluding hydrogens is 406 g/mol. The van der Waals surface area contributed by atoms with Gasteiger partial charge in [-0.15, -0.1) is 0 Å². The smallest absolute Gasteiger partial charge is 0.323 e. The van der Waals surface area contributed by atoms with Gasteiger partial charge in [0.05, 0.1) is 13.7 Å². The molecule has 0 radical (unpaired) electrons. The predicted octanol–water partition coefficient (Wildman–Crippen LogP) is 2.24. The number of hydrogen-bond acceptors (Lipinski definition) is 4. The molecule has 30 heavy (non-hydrogen) atoms. The molecule has 7 nitrogen and oxygen atoms in total. The molecule has 0 unspecified atom stereocenters. The molecule has 2 aliphatic heterocycles. The molecule has 2 heterocycles. The Morgan fingerprint density at radius 3 is 2.67 bits per heavy atom. The summed E-state index contributed by atoms with van der Waals surface area (Å²) in [4.78, 5) is 38.9. The molecule has 0 aromatic heterocycles. The van der Waals surface area contributed by atoms with Gasteiger partial charge < -0.3 is 15.0 Å². The van der Waals surface area contributed by atoms with E-state index < -0.39 is 17.5 Å². The highest BCUT2D eigenvalue weighted by atomic mass is 35.5. The third kappa shape index (κ3) is 3.46. The van der Waals surface area contributed by atoms with Gasteiger partial charge in [-0.3, -0.25) is 14.9 Å². The van der Waals surface area contributed by atoms with Gasteiger partial charge >= 0.3 is 6.03 Å². The Morgan fingerprint density at radius 2 is 2.00 bits per heavy atom. The molecule has 0 spiro atoms. The number of urea groups is 1. The van der Waals surface area contributed by atoms with E-state index in [9.17, 15) is 14.4 Å². The lowest BCUT2D eigenvalue weighted by atomic mass is 9.99. The fourth-order valence-corrected chi connectivity index (χ4v) is 3.64. The average Bonchev–Trinajstić information content (AvgIpc) is 3.18. The van der Waals surface area contributed by atoms with Crippen molar-refractivity contribution in [2.24, 2.45) is 0 Å². The summed E-state index contributed by atoms with van der Waals surface area (Å²) in [6.45, 7) is 2.09. The van der Waals surface area contributed by atoms with Crippen LogP contribution in [0.15, 0.2) is 36.4 Å². The molecule has 1 atom stereocenters. The molecule has 0 bridgehead atoms. The van der Waals surface area contributed by atoms with Gasteiger partial charge in [-0.25, -0.2) is 4.79 Å². The van der Waals surface area contributed by atoms with E-state index in [1.54, 1.807) is 24.3 Å². The summed E-state index contributed by atoms with van der Waals surface area (Å²) in [6, 6.07) is 9.89. The van der Waals surface area contributed by atoms with E-state index >= 15 is 0 Å². The van der Waals surface area contributed by atoms with Crippen molar-refractivity contribution in [3.63, 3.8) is 0 Å². The van der Waals surface area contributed by atoms with Gasteiger partial charge in [0, 0.05) is 22.7 Å². The molecule has 8 heteroatoms. The number of rotatable bonds is 3. The molecule has 4 rings (SSSR count). The summed E-state index contributed by atoms with van der Waals surface area (Å²) < 4.78 is 5.19. The first-order chi connectivity index (χ1) is 14.3. The van der Waals surface area contributed by atoms with Gasteiger partial charge in [0.1, 0.15) is 5.75 Å². The molecule has 0 aliphatic carbocycles. The van der Waals surface area contributed by atoms with E-state index in [4.69, 9.17) is 16.3 Å². The van der Waals surface area contributed by atoms with Crippen LogP contribution >= 0.6 is 11.6 Å². The second kappa shape index (κ2) is 7.39. The van der Waals surface area contributed by atoms with Gasteiger partial charge in [0.25, 0.3) is 11.8 Å². The van der Waals surface area contributed by atoms with Crippen LogP contribution in [0.25, 0.3) is 0 Å². The summed E-state index contributed by atoms with van der Waals surface area (Å²) in [5.41, 5.74) is 1.27. The molecule has 152 valence electrons. The van der Waals surface area contributed by atoms with Crippen LogP contribution in [-0.4, -0.2) is 41.9 Å². The van der Waals surface area contributed by atoms with Crippen molar-refractivity contribution in [2.45, 2.75) is 19.0 Å². The predicted molar refractivity (Wildman–Crippen MR) is 110 cm³/mol. The van der Waals surface area contributed by atoms with Crippen LogP contribution in [0.4, 0.5) is 4.79 Å². The van der Waals surface area contributed by atoms with Gasteiger partial charge in [-0.2, -0.15) is 0 Å². The zero-order chi connectivity index (χ0) is 21.5. The minimum atomic E-state index is -1.56. The monoisotopic (exact) mass is 423 g/mol. The number of benzene rings is 2. The van der Waals surface area contributed by atoms with Crippen molar-refractivity contribution in [3.8, 4) is 17.6 Å². The van der Waals surface area contributed by atoms with Crippen LogP contribution < -0.4 is 15.4 Å². The quantitative estimate of drug-likeness (QED) is 0.585. The SMILES string of the molecule is COc1ccc2c(c1)C(=O)N(C[C@@]1(C#Cc3ccc(C)c(Cl)c3)NC(=O)NC1=O)C2. The van der Waals surface area contributed by atoms with Crippen molar-refractivity contribution in [2.75, 3.05) is 13.7 Å². The number of halogens is 1. The second-order valence-corrected chi connectivity index (χ2v) is 7.62. The maximum Gasteiger partial charge on any atom is 0.323 e. The van der Waals surface area contributed by atoms with Crippen molar-refractivity contribution in [3.05, 3.63) is 63.7 Å². The molecule has 2 N–H and O–H groups in total. The molecule has 2 aromatic rings. The molecule has 2 aromatic carbocycles. The van der Waals surface area contributed by atoms with E-state index in [0.29, 0.717) is 28.4 Å². The first kappa shape index (κ1) is 19.8. The minimum absolute atomic E-state index is 0.0903. The van der Waals surface area contributed by atoms with Crippen LogP contribution in [0.3, 0.4) is 0 Å². The number of fused-ring (bicyclic) bond motifs is 1. The number of nitrogens with zero attached hydrogens (tertiary/aromatic N) is 1. The highest BCUT2D eigenvalue weighted by Crippen LogP contribution is 2.28. The van der Waals surface area contributed by atoms with Gasteiger partial charge in [0.15, 0.2) is 0 Å². The molecule has 1 fully saturated rings. The Bertz CT molecular complexity index is 1150. The number of aryl methyl sites for hydroxylation is 1. The van der Waals surface area contributed by atoms with E-state index in [-0.39, 0.29) is 12.5 Å². The lowest BCUT2D eigenvalue weighted by Gasteiger charge is -2.26. The number of carbonyl (C=O) groups is 3. The van der Waals surface area contributed by atoms with Gasteiger partial charge in [-0.05, 0) is 42.3 Å². The highest BCUT2D eigenvalue weighted by Gasteiger charge is 2.48. The van der Waals surface area contributed by atoms with E-state index in [1.807, 2.05) is 19.1 Å². The van der Waals surface area contributed by atoms with Crippen molar-refractivity contribution in [1.29, 1.82) is 0 Å². The molecular formula is C22H18ClN3O4. The number of imide groups is 1. The topological polar surface area (TPSA) is 87.7 Å². The third-order valence-corrected chi connectivity index (χ3v) is 5.56. The lowest BCUT2D eigenvalue weighted by molar-refractivity contribution is -0.122. The first-order valence-corrected chi connectivity index (χ1v) is 9.58. The Balaban J connectivity index is 1.65. The zero-order valence-corrected chi connectivity index (χ0v) is 17.1. The Morgan fingerprint density at radius 1 is 1.20 bits per heavy atom.